The lowest BCUT2D eigenvalue weighted by Gasteiger charge is -2.13. The third-order valence-corrected chi connectivity index (χ3v) is 3.65. The van der Waals surface area contributed by atoms with Crippen molar-refractivity contribution in [2.24, 2.45) is 0 Å². The van der Waals surface area contributed by atoms with Gasteiger partial charge in [-0.2, -0.15) is 0 Å². The largest absolute Gasteiger partial charge is 0.497 e. The fourth-order valence-corrected chi connectivity index (χ4v) is 2.35. The zero-order valence-electron chi connectivity index (χ0n) is 13.2. The molecule has 0 fully saturated rings. The first kappa shape index (κ1) is 17.6. The van der Waals surface area contributed by atoms with Crippen molar-refractivity contribution in [2.45, 2.75) is 0 Å². The fourth-order valence-electron chi connectivity index (χ4n) is 2.08. The van der Waals surface area contributed by atoms with E-state index < -0.39 is 22.5 Å². The van der Waals surface area contributed by atoms with Crippen LogP contribution < -0.4 is 10.3 Å². The average Bonchev–Trinajstić information content (AvgIpc) is 2.62. The third kappa shape index (κ3) is 3.11. The number of ether oxygens (including phenoxy) is 3. The van der Waals surface area contributed by atoms with Gasteiger partial charge in [0.25, 0.3) is 5.56 Å². The summed E-state index contributed by atoms with van der Waals surface area (Å²) < 4.78 is 15.4. The number of rotatable bonds is 4. The van der Waals surface area contributed by atoms with Gasteiger partial charge in [0.1, 0.15) is 10.8 Å². The van der Waals surface area contributed by atoms with E-state index in [0.29, 0.717) is 11.4 Å². The highest BCUT2D eigenvalue weighted by Gasteiger charge is 2.26. The second-order valence-electron chi connectivity index (χ2n) is 4.59. The topological polar surface area (TPSA) is 83.8 Å². The van der Waals surface area contributed by atoms with Gasteiger partial charge in [0.15, 0.2) is 0 Å². The van der Waals surface area contributed by atoms with Crippen LogP contribution in [0, 0.1) is 0 Å². The van der Waals surface area contributed by atoms with E-state index in [0.717, 1.165) is 18.8 Å². The minimum Gasteiger partial charge on any atom is -0.497 e. The molecule has 0 saturated heterocycles. The summed E-state index contributed by atoms with van der Waals surface area (Å²) in [5.74, 6) is -1.13. The van der Waals surface area contributed by atoms with Crippen molar-refractivity contribution < 1.29 is 23.8 Å². The number of aromatic nitrogens is 1. The fraction of sp³-hybridized carbons (Fsp3) is 0.188. The Bertz CT molecular complexity index is 841. The molecule has 0 aliphatic heterocycles. The smallest absolute Gasteiger partial charge is 0.340 e. The number of hydrogen-bond acceptors (Lipinski definition) is 6. The van der Waals surface area contributed by atoms with E-state index in [2.05, 4.69) is 9.47 Å². The Balaban J connectivity index is 2.74. The molecule has 1 aromatic carbocycles. The number of hydrogen-bond donors (Lipinski definition) is 0. The van der Waals surface area contributed by atoms with Crippen LogP contribution in [0.2, 0.25) is 5.02 Å². The molecule has 0 atom stereocenters. The SMILES string of the molecule is COC(=O)c1cn(-c2ccc(OC)cc2)c(=O)c(Cl)c1C(=O)OC. The van der Waals surface area contributed by atoms with Gasteiger partial charge in [0, 0.05) is 11.9 Å². The van der Waals surface area contributed by atoms with Crippen LogP contribution in [0.5, 0.6) is 5.75 Å². The number of methoxy groups -OCH3 is 3. The molecule has 8 heteroatoms. The number of carbonyl (C=O) groups is 2. The Kier molecular flexibility index (Phi) is 5.25. The van der Waals surface area contributed by atoms with Crippen LogP contribution in [-0.2, 0) is 9.47 Å². The van der Waals surface area contributed by atoms with Gasteiger partial charge in [-0.25, -0.2) is 9.59 Å². The van der Waals surface area contributed by atoms with Crippen molar-refractivity contribution in [1.82, 2.24) is 4.57 Å². The highest BCUT2D eigenvalue weighted by molar-refractivity contribution is 6.34. The van der Waals surface area contributed by atoms with Crippen LogP contribution in [0.15, 0.2) is 35.3 Å². The maximum Gasteiger partial charge on any atom is 0.340 e. The zero-order valence-corrected chi connectivity index (χ0v) is 13.9. The number of esters is 2. The molecule has 0 bridgehead atoms. The summed E-state index contributed by atoms with van der Waals surface area (Å²) in [7, 11) is 3.79. The number of carbonyl (C=O) groups excluding carboxylic acids is 2. The van der Waals surface area contributed by atoms with E-state index in [1.54, 1.807) is 24.3 Å². The van der Waals surface area contributed by atoms with Crippen molar-refractivity contribution in [3.63, 3.8) is 0 Å². The van der Waals surface area contributed by atoms with Gasteiger partial charge in [-0.1, -0.05) is 11.6 Å². The van der Waals surface area contributed by atoms with E-state index in [9.17, 15) is 14.4 Å². The Labute approximate surface area is 142 Å². The lowest BCUT2D eigenvalue weighted by atomic mass is 10.1. The van der Waals surface area contributed by atoms with Crippen molar-refractivity contribution in [3.05, 3.63) is 57.0 Å². The molecule has 0 spiro atoms. The first-order valence-electron chi connectivity index (χ1n) is 6.70. The molecule has 0 aliphatic rings. The Morgan fingerprint density at radius 3 is 2.08 bits per heavy atom. The Hall–Kier alpha value is -2.80. The van der Waals surface area contributed by atoms with Crippen molar-refractivity contribution >= 4 is 23.5 Å². The van der Waals surface area contributed by atoms with Crippen LogP contribution in [0.25, 0.3) is 5.69 Å². The summed E-state index contributed by atoms with van der Waals surface area (Å²) in [4.78, 5) is 36.3. The minimum absolute atomic E-state index is 0.176. The first-order valence-corrected chi connectivity index (χ1v) is 7.08. The van der Waals surface area contributed by atoms with E-state index in [-0.39, 0.29) is 11.1 Å². The third-order valence-electron chi connectivity index (χ3n) is 3.30. The normalized spacial score (nSPS) is 10.2. The van der Waals surface area contributed by atoms with E-state index in [1.165, 1.54) is 13.3 Å². The molecule has 7 nitrogen and oxygen atoms in total. The summed E-state index contributed by atoms with van der Waals surface area (Å²) in [6.45, 7) is 0. The molecule has 1 heterocycles. The van der Waals surface area contributed by atoms with Crippen LogP contribution in [0.3, 0.4) is 0 Å². The molecule has 1 aromatic heterocycles. The Morgan fingerprint density at radius 2 is 1.58 bits per heavy atom. The highest BCUT2D eigenvalue weighted by Crippen LogP contribution is 2.21. The molecule has 0 amide bonds. The molecular weight excluding hydrogens is 338 g/mol. The molecule has 24 heavy (non-hydrogen) atoms. The second kappa shape index (κ2) is 7.18. The summed E-state index contributed by atoms with van der Waals surface area (Å²) in [5.41, 5.74) is -0.746. The lowest BCUT2D eigenvalue weighted by molar-refractivity contribution is 0.0554. The van der Waals surface area contributed by atoms with Crippen LogP contribution >= 0.6 is 11.6 Å². The van der Waals surface area contributed by atoms with Gasteiger partial charge in [0.2, 0.25) is 0 Å². The molecule has 0 N–H and O–H groups in total. The predicted molar refractivity (Wildman–Crippen MR) is 86.3 cm³/mol. The molecule has 0 radical (unpaired) electrons. The number of halogens is 1. The van der Waals surface area contributed by atoms with Gasteiger partial charge in [-0.3, -0.25) is 9.36 Å². The summed E-state index contributed by atoms with van der Waals surface area (Å²) in [6, 6.07) is 6.49. The minimum atomic E-state index is -0.903. The van der Waals surface area contributed by atoms with Gasteiger partial charge in [0.05, 0.1) is 32.5 Å². The van der Waals surface area contributed by atoms with Crippen LogP contribution in [0.1, 0.15) is 20.7 Å². The maximum atomic E-state index is 12.5. The van der Waals surface area contributed by atoms with Crippen molar-refractivity contribution in [3.8, 4) is 11.4 Å². The molecule has 126 valence electrons. The molecule has 0 aliphatic carbocycles. The summed E-state index contributed by atoms with van der Waals surface area (Å²) >= 11 is 6.02. The summed E-state index contributed by atoms with van der Waals surface area (Å²) in [6.07, 6.45) is 1.19. The molecular formula is C16H14ClNO6. The van der Waals surface area contributed by atoms with E-state index >= 15 is 0 Å². The molecule has 0 unspecified atom stereocenters. The predicted octanol–water partition coefficient (Wildman–Crippen LogP) is 2.07. The van der Waals surface area contributed by atoms with Gasteiger partial charge < -0.3 is 14.2 Å². The molecule has 2 aromatic rings. The van der Waals surface area contributed by atoms with Gasteiger partial charge in [-0.15, -0.1) is 0 Å². The number of nitrogens with zero attached hydrogens (tertiary/aromatic N) is 1. The second-order valence-corrected chi connectivity index (χ2v) is 4.97. The monoisotopic (exact) mass is 351 g/mol. The standard InChI is InChI=1S/C16H14ClNO6/c1-22-10-6-4-9(5-7-10)18-8-11(15(20)23-2)12(16(21)24-3)13(17)14(18)19/h4-8H,1-3H3. The number of pyridine rings is 1. The quantitative estimate of drug-likeness (QED) is 0.784. The molecule has 2 rings (SSSR count). The first-order chi connectivity index (χ1) is 11.4. The van der Waals surface area contributed by atoms with Crippen molar-refractivity contribution in [2.75, 3.05) is 21.3 Å². The van der Waals surface area contributed by atoms with Crippen LogP contribution in [0.4, 0.5) is 0 Å². The summed E-state index contributed by atoms with van der Waals surface area (Å²) in [5, 5.41) is -0.430. The number of benzene rings is 1. The van der Waals surface area contributed by atoms with E-state index in [1.807, 2.05) is 0 Å². The highest BCUT2D eigenvalue weighted by atomic mass is 35.5. The average molecular weight is 352 g/mol. The van der Waals surface area contributed by atoms with E-state index in [4.69, 9.17) is 16.3 Å². The van der Waals surface area contributed by atoms with Gasteiger partial charge in [-0.05, 0) is 24.3 Å². The zero-order chi connectivity index (χ0) is 17.9. The lowest BCUT2D eigenvalue weighted by Crippen LogP contribution is -2.25. The van der Waals surface area contributed by atoms with Crippen molar-refractivity contribution in [1.29, 1.82) is 0 Å². The maximum absolute atomic E-state index is 12.5. The van der Waals surface area contributed by atoms with Crippen LogP contribution in [-0.4, -0.2) is 37.8 Å². The molecule has 0 saturated carbocycles. The van der Waals surface area contributed by atoms with Gasteiger partial charge >= 0.3 is 11.9 Å². The Morgan fingerprint density at radius 1 is 1.00 bits per heavy atom.